The number of amides is 1. The van der Waals surface area contributed by atoms with Gasteiger partial charge in [-0.15, -0.1) is 0 Å². The topological polar surface area (TPSA) is 59.8 Å². The summed E-state index contributed by atoms with van der Waals surface area (Å²) in [4.78, 5) is 17.0. The number of nitrogens with one attached hydrogen (secondary N) is 1. The predicted octanol–water partition coefficient (Wildman–Crippen LogP) is 3.77. The molecule has 2 aromatic heterocycles. The van der Waals surface area contributed by atoms with E-state index in [1.807, 2.05) is 13.0 Å². The smallest absolute Gasteiger partial charge is 0.277 e. The van der Waals surface area contributed by atoms with Gasteiger partial charge >= 0.3 is 0 Å². The van der Waals surface area contributed by atoms with Crippen LogP contribution < -0.4 is 5.32 Å². The summed E-state index contributed by atoms with van der Waals surface area (Å²) in [5.74, 6) is -0.507. The molecule has 0 saturated heterocycles. The second kappa shape index (κ2) is 5.70. The molecule has 2 aliphatic carbocycles. The molecule has 1 aromatic carbocycles. The van der Waals surface area contributed by atoms with Gasteiger partial charge in [0, 0.05) is 23.7 Å². The van der Waals surface area contributed by atoms with Crippen LogP contribution in [0.2, 0.25) is 0 Å². The van der Waals surface area contributed by atoms with E-state index in [9.17, 15) is 13.6 Å². The van der Waals surface area contributed by atoms with Crippen LogP contribution in [0.1, 0.15) is 39.6 Å². The molecule has 0 unspecified atom stereocenters. The largest absolute Gasteiger partial charge is 0.305 e. The molecule has 136 valence electrons. The Hall–Kier alpha value is -3.09. The van der Waals surface area contributed by atoms with Crippen molar-refractivity contribution in [3.63, 3.8) is 0 Å². The second-order valence-electron chi connectivity index (χ2n) is 7.20. The van der Waals surface area contributed by atoms with Crippen LogP contribution in [0.25, 0.3) is 5.69 Å². The number of halogens is 2. The number of pyridine rings is 1. The van der Waals surface area contributed by atoms with Gasteiger partial charge in [0.2, 0.25) is 0 Å². The number of hydrogen-bond donors (Lipinski definition) is 1. The zero-order valence-electron chi connectivity index (χ0n) is 14.5. The normalized spacial score (nSPS) is 19.5. The monoisotopic (exact) mass is 366 g/mol. The number of hydrogen-bond acceptors (Lipinski definition) is 3. The molecule has 1 N–H and O–H groups in total. The van der Waals surface area contributed by atoms with Gasteiger partial charge < -0.3 is 5.32 Å². The van der Waals surface area contributed by atoms with Crippen molar-refractivity contribution in [3.05, 3.63) is 70.7 Å². The Morgan fingerprint density at radius 2 is 2.11 bits per heavy atom. The van der Waals surface area contributed by atoms with E-state index in [0.717, 1.165) is 35.7 Å². The first kappa shape index (κ1) is 16.1. The highest BCUT2D eigenvalue weighted by Gasteiger charge is 2.50. The third-order valence-corrected chi connectivity index (χ3v) is 5.27. The Bertz CT molecular complexity index is 1070. The van der Waals surface area contributed by atoms with E-state index in [2.05, 4.69) is 15.4 Å². The molecular weight excluding hydrogens is 350 g/mol. The minimum atomic E-state index is -0.698. The van der Waals surface area contributed by atoms with Gasteiger partial charge in [0.15, 0.2) is 11.5 Å². The van der Waals surface area contributed by atoms with Crippen LogP contribution in [-0.2, 0) is 6.42 Å². The van der Waals surface area contributed by atoms with Crippen LogP contribution in [0.15, 0.2) is 36.5 Å². The second-order valence-corrected chi connectivity index (χ2v) is 7.20. The number of aromatic nitrogens is 3. The van der Waals surface area contributed by atoms with Gasteiger partial charge in [0.05, 0.1) is 5.69 Å². The van der Waals surface area contributed by atoms with Crippen molar-refractivity contribution >= 4 is 11.7 Å². The molecule has 27 heavy (non-hydrogen) atoms. The molecular formula is C20H16F2N4O. The van der Waals surface area contributed by atoms with E-state index in [1.54, 1.807) is 12.3 Å². The fourth-order valence-electron chi connectivity index (χ4n) is 3.85. The summed E-state index contributed by atoms with van der Waals surface area (Å²) in [6, 6.07) is 6.97. The van der Waals surface area contributed by atoms with Crippen molar-refractivity contribution in [1.29, 1.82) is 0 Å². The molecule has 2 aliphatic rings. The maximum atomic E-state index is 14.3. The Balaban J connectivity index is 1.55. The van der Waals surface area contributed by atoms with Crippen LogP contribution in [0.5, 0.6) is 0 Å². The number of fused-ring (bicyclic) bond motifs is 3. The zero-order chi connectivity index (χ0) is 18.7. The quantitative estimate of drug-likeness (QED) is 0.768. The molecule has 0 bridgehead atoms. The third kappa shape index (κ3) is 2.61. The van der Waals surface area contributed by atoms with Gasteiger partial charge in [0.25, 0.3) is 5.91 Å². The van der Waals surface area contributed by atoms with Crippen molar-refractivity contribution in [1.82, 2.24) is 14.8 Å². The van der Waals surface area contributed by atoms with E-state index in [1.165, 1.54) is 16.8 Å². The molecule has 2 heterocycles. The van der Waals surface area contributed by atoms with E-state index < -0.39 is 11.6 Å². The molecule has 0 aliphatic heterocycles. The highest BCUT2D eigenvalue weighted by atomic mass is 19.1. The summed E-state index contributed by atoms with van der Waals surface area (Å²) in [7, 11) is 0. The Kier molecular flexibility index (Phi) is 3.40. The molecule has 7 heteroatoms. The molecule has 1 saturated carbocycles. The van der Waals surface area contributed by atoms with E-state index in [4.69, 9.17) is 0 Å². The molecule has 1 amide bonds. The van der Waals surface area contributed by atoms with E-state index in [0.29, 0.717) is 11.7 Å². The number of rotatable bonds is 3. The molecule has 0 spiro atoms. The van der Waals surface area contributed by atoms with E-state index >= 15 is 0 Å². The number of benzene rings is 1. The first-order valence-electron chi connectivity index (χ1n) is 8.82. The minimum Gasteiger partial charge on any atom is -0.305 e. The fraction of sp³-hybridized carbons (Fsp3) is 0.250. The number of carbonyl (C=O) groups excluding carboxylic acids is 1. The van der Waals surface area contributed by atoms with Crippen molar-refractivity contribution in [2.75, 3.05) is 5.32 Å². The Labute approximate surface area is 154 Å². The fourth-order valence-corrected chi connectivity index (χ4v) is 3.85. The molecule has 0 radical (unpaired) electrons. The Morgan fingerprint density at radius 1 is 1.26 bits per heavy atom. The maximum absolute atomic E-state index is 14.3. The summed E-state index contributed by atoms with van der Waals surface area (Å²) < 4.78 is 29.1. The van der Waals surface area contributed by atoms with Crippen LogP contribution in [-0.4, -0.2) is 20.7 Å². The minimum absolute atomic E-state index is 0.160. The molecule has 1 fully saturated rings. The number of anilines is 1. The average Bonchev–Trinajstić information content (AvgIpc) is 3.14. The van der Waals surface area contributed by atoms with Gasteiger partial charge in [-0.25, -0.2) is 18.4 Å². The highest BCUT2D eigenvalue weighted by molar-refractivity contribution is 6.03. The summed E-state index contributed by atoms with van der Waals surface area (Å²) in [6.45, 7) is 1.91. The highest BCUT2D eigenvalue weighted by Crippen LogP contribution is 2.57. The lowest BCUT2D eigenvalue weighted by Gasteiger charge is -2.07. The van der Waals surface area contributed by atoms with Crippen LogP contribution in [0.4, 0.5) is 14.6 Å². The summed E-state index contributed by atoms with van der Waals surface area (Å²) in [6.07, 6.45) is 3.44. The van der Waals surface area contributed by atoms with Crippen LogP contribution in [0, 0.1) is 24.5 Å². The van der Waals surface area contributed by atoms with Gasteiger partial charge in [-0.05, 0) is 49.4 Å². The number of nitrogens with zero attached hydrogens (tertiary/aromatic N) is 3. The zero-order valence-corrected chi connectivity index (χ0v) is 14.5. The Morgan fingerprint density at radius 3 is 2.85 bits per heavy atom. The van der Waals surface area contributed by atoms with Crippen LogP contribution in [0.3, 0.4) is 0 Å². The molecule has 5 rings (SSSR count). The lowest BCUT2D eigenvalue weighted by atomic mass is 10.1. The first-order valence-corrected chi connectivity index (χ1v) is 8.82. The van der Waals surface area contributed by atoms with E-state index in [-0.39, 0.29) is 23.2 Å². The van der Waals surface area contributed by atoms with Crippen molar-refractivity contribution in [3.8, 4) is 5.69 Å². The van der Waals surface area contributed by atoms with Gasteiger partial charge in [-0.2, -0.15) is 5.10 Å². The van der Waals surface area contributed by atoms with Crippen LogP contribution >= 0.6 is 0 Å². The van der Waals surface area contributed by atoms with Crippen molar-refractivity contribution in [2.45, 2.75) is 25.7 Å². The average molecular weight is 366 g/mol. The lowest BCUT2D eigenvalue weighted by Crippen LogP contribution is -2.16. The van der Waals surface area contributed by atoms with Gasteiger partial charge in [-0.1, -0.05) is 6.07 Å². The predicted molar refractivity (Wildman–Crippen MR) is 95.0 cm³/mol. The maximum Gasteiger partial charge on any atom is 0.277 e. The SMILES string of the molecule is Cc1ccc(NC(=O)c2nn(-c3ccc(F)cc3F)c3c2C[C@H]2C[C@@H]32)nc1. The standard InChI is InChI=1S/C20H16F2N4O/c1-10-2-5-17(23-9-10)24-20(27)18-14-7-11-6-13(11)19(14)26(25-18)16-4-3-12(21)8-15(16)22/h2-5,8-9,11,13H,6-7H2,1H3,(H,23,24,27)/t11-,13-/m1/s1. The summed E-state index contributed by atoms with van der Waals surface area (Å²) in [5.41, 5.74) is 3.15. The summed E-state index contributed by atoms with van der Waals surface area (Å²) >= 11 is 0. The number of aryl methyl sites for hydroxylation is 1. The first-order chi connectivity index (χ1) is 13.0. The van der Waals surface area contributed by atoms with Crippen molar-refractivity contribution in [2.24, 2.45) is 5.92 Å². The molecule has 2 atom stereocenters. The van der Waals surface area contributed by atoms with Crippen molar-refractivity contribution < 1.29 is 13.6 Å². The summed E-state index contributed by atoms with van der Waals surface area (Å²) in [5, 5.41) is 7.15. The third-order valence-electron chi connectivity index (χ3n) is 5.27. The number of carbonyl (C=O) groups is 1. The molecule has 5 nitrogen and oxygen atoms in total. The lowest BCUT2D eigenvalue weighted by molar-refractivity contribution is 0.102. The molecule has 3 aromatic rings. The van der Waals surface area contributed by atoms with Gasteiger partial charge in [-0.3, -0.25) is 4.79 Å². The van der Waals surface area contributed by atoms with Gasteiger partial charge in [0.1, 0.15) is 17.3 Å².